The number of hydrogen-bond acceptors (Lipinski definition) is 4. The van der Waals surface area contributed by atoms with E-state index in [4.69, 9.17) is 4.98 Å². The van der Waals surface area contributed by atoms with Gasteiger partial charge in [0.1, 0.15) is 5.01 Å². The zero-order chi connectivity index (χ0) is 18.1. The number of hydrogen-bond donors (Lipinski definition) is 1. The highest BCUT2D eigenvalue weighted by atomic mass is 79.9. The van der Waals surface area contributed by atoms with Crippen LogP contribution in [0.2, 0.25) is 0 Å². The second kappa shape index (κ2) is 6.97. The molecule has 128 valence electrons. The van der Waals surface area contributed by atoms with Gasteiger partial charge in [-0.05, 0) is 70.9 Å². The lowest BCUT2D eigenvalue weighted by molar-refractivity contribution is 0.102. The molecule has 0 fully saturated rings. The molecule has 0 aliphatic rings. The van der Waals surface area contributed by atoms with E-state index in [0.29, 0.717) is 5.56 Å². The van der Waals surface area contributed by atoms with Crippen LogP contribution in [-0.2, 0) is 0 Å². The second-order valence-corrected chi connectivity index (χ2v) is 7.86. The molecule has 0 aliphatic heterocycles. The third-order valence-corrected chi connectivity index (χ3v) is 5.42. The molecule has 0 aliphatic carbocycles. The van der Waals surface area contributed by atoms with E-state index in [9.17, 15) is 4.79 Å². The van der Waals surface area contributed by atoms with E-state index in [1.165, 1.54) is 16.5 Å². The topological polar surface area (TPSA) is 54.9 Å². The summed E-state index contributed by atoms with van der Waals surface area (Å²) < 4.78 is 1.94. The van der Waals surface area contributed by atoms with Gasteiger partial charge in [-0.25, -0.2) is 4.98 Å². The molecule has 2 aromatic carbocycles. The molecule has 0 radical (unpaired) electrons. The van der Waals surface area contributed by atoms with Crippen molar-refractivity contribution < 1.29 is 4.79 Å². The Kier molecular flexibility index (Phi) is 4.53. The van der Waals surface area contributed by atoms with E-state index in [1.54, 1.807) is 23.6 Å². The van der Waals surface area contributed by atoms with E-state index in [0.717, 1.165) is 26.2 Å². The first-order valence-electron chi connectivity index (χ1n) is 7.98. The lowest BCUT2D eigenvalue weighted by Crippen LogP contribution is -2.12. The number of fused-ring (bicyclic) bond motifs is 1. The molecule has 0 unspecified atom stereocenters. The minimum absolute atomic E-state index is 0.193. The number of nitrogens with zero attached hydrogens (tertiary/aromatic N) is 2. The van der Waals surface area contributed by atoms with Crippen LogP contribution >= 0.6 is 27.3 Å². The second-order valence-electron chi connectivity index (χ2n) is 5.91. The van der Waals surface area contributed by atoms with E-state index in [1.807, 2.05) is 24.3 Å². The van der Waals surface area contributed by atoms with Gasteiger partial charge in [-0.3, -0.25) is 9.78 Å². The molecule has 1 amide bonds. The quantitative estimate of drug-likeness (QED) is 0.460. The Labute approximate surface area is 163 Å². The first kappa shape index (κ1) is 16.9. The Bertz CT molecular complexity index is 1110. The summed E-state index contributed by atoms with van der Waals surface area (Å²) in [7, 11) is 0. The molecule has 26 heavy (non-hydrogen) atoms. The highest BCUT2D eigenvalue weighted by Crippen LogP contribution is 2.31. The first-order valence-corrected chi connectivity index (χ1v) is 9.59. The van der Waals surface area contributed by atoms with Crippen LogP contribution in [0, 0.1) is 6.92 Å². The number of halogens is 1. The summed E-state index contributed by atoms with van der Waals surface area (Å²) in [5.74, 6) is -0.193. The fraction of sp³-hybridized carbons (Fsp3) is 0.0500. The summed E-state index contributed by atoms with van der Waals surface area (Å²) in [6.45, 7) is 2.07. The largest absolute Gasteiger partial charge is 0.322 e. The molecular formula is C20H14BrN3OS. The maximum Gasteiger partial charge on any atom is 0.257 e. The van der Waals surface area contributed by atoms with Crippen LogP contribution in [-0.4, -0.2) is 15.9 Å². The van der Waals surface area contributed by atoms with Crippen LogP contribution in [0.25, 0.3) is 20.8 Å². The minimum Gasteiger partial charge on any atom is -0.322 e. The fourth-order valence-corrected chi connectivity index (χ4v) is 3.91. The molecule has 0 spiro atoms. The zero-order valence-electron chi connectivity index (χ0n) is 13.9. The number of aryl methyl sites for hydroxylation is 1. The third kappa shape index (κ3) is 3.52. The van der Waals surface area contributed by atoms with Gasteiger partial charge in [0.2, 0.25) is 0 Å². The summed E-state index contributed by atoms with van der Waals surface area (Å²) >= 11 is 4.99. The fourth-order valence-electron chi connectivity index (χ4n) is 2.60. The summed E-state index contributed by atoms with van der Waals surface area (Å²) in [6, 6.07) is 15.7. The highest BCUT2D eigenvalue weighted by molar-refractivity contribution is 9.10. The van der Waals surface area contributed by atoms with Crippen molar-refractivity contribution in [2.45, 2.75) is 6.92 Å². The van der Waals surface area contributed by atoms with Gasteiger partial charge in [0.15, 0.2) is 0 Å². The number of rotatable bonds is 3. The normalized spacial score (nSPS) is 10.8. The molecule has 2 heterocycles. The molecule has 1 N–H and O–H groups in total. The van der Waals surface area contributed by atoms with Gasteiger partial charge in [0.25, 0.3) is 5.91 Å². The summed E-state index contributed by atoms with van der Waals surface area (Å²) in [4.78, 5) is 21.0. The molecule has 0 bridgehead atoms. The minimum atomic E-state index is -0.193. The number of anilines is 1. The standard InChI is InChI=1S/C20H14BrN3OS/c1-12-2-7-18-17(8-12)24-20(26-18)13-3-5-16(6-4-13)23-19(25)14-9-15(21)11-22-10-14/h2-11H,1H3,(H,23,25). The van der Waals surface area contributed by atoms with Crippen LogP contribution in [0.3, 0.4) is 0 Å². The maximum atomic E-state index is 12.3. The Morgan fingerprint density at radius 3 is 2.65 bits per heavy atom. The predicted molar refractivity (Wildman–Crippen MR) is 110 cm³/mol. The van der Waals surface area contributed by atoms with Crippen LogP contribution in [0.15, 0.2) is 65.4 Å². The Morgan fingerprint density at radius 1 is 1.08 bits per heavy atom. The summed E-state index contributed by atoms with van der Waals surface area (Å²) in [5.41, 5.74) is 4.49. The van der Waals surface area contributed by atoms with E-state index in [2.05, 4.69) is 51.4 Å². The van der Waals surface area contributed by atoms with Crippen molar-refractivity contribution in [3.63, 3.8) is 0 Å². The number of thiazole rings is 1. The van der Waals surface area contributed by atoms with Crippen molar-refractivity contribution in [1.29, 1.82) is 0 Å². The maximum absolute atomic E-state index is 12.3. The van der Waals surface area contributed by atoms with Crippen molar-refractivity contribution in [2.24, 2.45) is 0 Å². The van der Waals surface area contributed by atoms with Gasteiger partial charge in [-0.1, -0.05) is 6.07 Å². The first-order chi connectivity index (χ1) is 12.6. The SMILES string of the molecule is Cc1ccc2sc(-c3ccc(NC(=O)c4cncc(Br)c4)cc3)nc2c1. The zero-order valence-corrected chi connectivity index (χ0v) is 16.3. The van der Waals surface area contributed by atoms with Crippen LogP contribution in [0.5, 0.6) is 0 Å². The van der Waals surface area contributed by atoms with Crippen molar-refractivity contribution >= 4 is 49.1 Å². The molecular weight excluding hydrogens is 410 g/mol. The van der Waals surface area contributed by atoms with Crippen molar-refractivity contribution in [3.05, 3.63) is 76.5 Å². The van der Waals surface area contributed by atoms with Crippen molar-refractivity contribution in [3.8, 4) is 10.6 Å². The van der Waals surface area contributed by atoms with Gasteiger partial charge in [-0.2, -0.15) is 0 Å². The molecule has 0 saturated carbocycles. The van der Waals surface area contributed by atoms with Crippen LogP contribution < -0.4 is 5.32 Å². The number of carbonyl (C=O) groups is 1. The lowest BCUT2D eigenvalue weighted by Gasteiger charge is -2.06. The summed E-state index contributed by atoms with van der Waals surface area (Å²) in [6.07, 6.45) is 3.18. The lowest BCUT2D eigenvalue weighted by atomic mass is 10.2. The molecule has 6 heteroatoms. The van der Waals surface area contributed by atoms with Gasteiger partial charge < -0.3 is 5.32 Å². The Hall–Kier alpha value is -2.57. The van der Waals surface area contributed by atoms with Gasteiger partial charge in [0, 0.05) is 28.1 Å². The molecule has 4 rings (SSSR count). The van der Waals surface area contributed by atoms with E-state index >= 15 is 0 Å². The molecule has 2 aromatic heterocycles. The van der Waals surface area contributed by atoms with Crippen molar-refractivity contribution in [2.75, 3.05) is 5.32 Å². The number of benzene rings is 2. The highest BCUT2D eigenvalue weighted by Gasteiger charge is 2.09. The van der Waals surface area contributed by atoms with Gasteiger partial charge in [0.05, 0.1) is 15.8 Å². The van der Waals surface area contributed by atoms with Gasteiger partial charge in [-0.15, -0.1) is 11.3 Å². The predicted octanol–water partition coefficient (Wildman–Crippen LogP) is 5.68. The average Bonchev–Trinajstić information content (AvgIpc) is 3.05. The third-order valence-electron chi connectivity index (χ3n) is 3.90. The number of amides is 1. The van der Waals surface area contributed by atoms with Gasteiger partial charge >= 0.3 is 0 Å². The van der Waals surface area contributed by atoms with Crippen LogP contribution in [0.4, 0.5) is 5.69 Å². The number of aromatic nitrogens is 2. The molecule has 4 nitrogen and oxygen atoms in total. The monoisotopic (exact) mass is 423 g/mol. The average molecular weight is 424 g/mol. The van der Waals surface area contributed by atoms with Crippen molar-refractivity contribution in [1.82, 2.24) is 9.97 Å². The van der Waals surface area contributed by atoms with Crippen LogP contribution in [0.1, 0.15) is 15.9 Å². The number of pyridine rings is 1. The molecule has 0 saturated heterocycles. The Morgan fingerprint density at radius 2 is 1.88 bits per heavy atom. The Balaban J connectivity index is 1.55. The smallest absolute Gasteiger partial charge is 0.257 e. The van der Waals surface area contributed by atoms with E-state index < -0.39 is 0 Å². The molecule has 4 aromatic rings. The van der Waals surface area contributed by atoms with E-state index in [-0.39, 0.29) is 5.91 Å². The number of nitrogens with one attached hydrogen (secondary N) is 1. The number of carbonyl (C=O) groups excluding carboxylic acids is 1. The summed E-state index contributed by atoms with van der Waals surface area (Å²) in [5, 5.41) is 3.85. The molecule has 0 atom stereocenters.